The summed E-state index contributed by atoms with van der Waals surface area (Å²) in [6, 6.07) is 9.86. The second-order valence-corrected chi connectivity index (χ2v) is 3.67. The van der Waals surface area contributed by atoms with Crippen molar-refractivity contribution in [2.24, 2.45) is 0 Å². The maximum Gasteiger partial charge on any atom is 0.0991 e. The van der Waals surface area contributed by atoms with Gasteiger partial charge in [0.05, 0.1) is 24.1 Å². The molecule has 1 unspecified atom stereocenters. The van der Waals surface area contributed by atoms with Gasteiger partial charge >= 0.3 is 0 Å². The Labute approximate surface area is 90.8 Å². The molecule has 1 rings (SSSR count). The summed E-state index contributed by atoms with van der Waals surface area (Å²) in [5, 5.41) is 17.5. The van der Waals surface area contributed by atoms with Crippen LogP contribution in [0.2, 0.25) is 0 Å². The van der Waals surface area contributed by atoms with E-state index in [9.17, 15) is 0 Å². The van der Waals surface area contributed by atoms with E-state index in [1.807, 2.05) is 12.1 Å². The van der Waals surface area contributed by atoms with Crippen molar-refractivity contribution in [3.05, 3.63) is 34.9 Å². The lowest BCUT2D eigenvalue weighted by molar-refractivity contribution is 0.725. The number of benzene rings is 1. The Morgan fingerprint density at radius 2 is 2.07 bits per heavy atom. The molecule has 76 valence electrons. The van der Waals surface area contributed by atoms with E-state index < -0.39 is 0 Å². The van der Waals surface area contributed by atoms with Gasteiger partial charge < -0.3 is 0 Å². The predicted molar refractivity (Wildman–Crippen MR) is 59.2 cm³/mol. The average Bonchev–Trinajstić information content (AvgIpc) is 2.29. The van der Waals surface area contributed by atoms with Crippen LogP contribution in [0.5, 0.6) is 0 Å². The quantitative estimate of drug-likeness (QED) is 0.749. The first-order chi connectivity index (χ1) is 7.22. The maximum atomic E-state index is 8.82. The maximum absolute atomic E-state index is 8.82. The summed E-state index contributed by atoms with van der Waals surface area (Å²) in [6.07, 6.45) is 1.44. The Bertz CT molecular complexity index is 421. The zero-order valence-electron chi connectivity index (χ0n) is 9.12. The van der Waals surface area contributed by atoms with Crippen molar-refractivity contribution in [1.82, 2.24) is 0 Å². The molecule has 0 radical (unpaired) electrons. The van der Waals surface area contributed by atoms with E-state index in [0.717, 1.165) is 17.5 Å². The minimum atomic E-state index is 0.404. The molecule has 0 heterocycles. The van der Waals surface area contributed by atoms with Crippen LogP contribution in [0.3, 0.4) is 0 Å². The molecule has 1 aromatic rings. The molecular formula is C13H14N2. The van der Waals surface area contributed by atoms with E-state index >= 15 is 0 Å². The molecular weight excluding hydrogens is 184 g/mol. The van der Waals surface area contributed by atoms with Gasteiger partial charge in [0.1, 0.15) is 0 Å². The van der Waals surface area contributed by atoms with Crippen LogP contribution in [-0.4, -0.2) is 0 Å². The molecule has 0 bridgehead atoms. The Morgan fingerprint density at radius 1 is 1.33 bits per heavy atom. The molecule has 0 spiro atoms. The summed E-state index contributed by atoms with van der Waals surface area (Å²) in [6.45, 7) is 4.23. The van der Waals surface area contributed by atoms with Gasteiger partial charge in [-0.25, -0.2) is 0 Å². The van der Waals surface area contributed by atoms with Crippen LogP contribution >= 0.6 is 0 Å². The zero-order chi connectivity index (χ0) is 11.3. The van der Waals surface area contributed by atoms with Gasteiger partial charge in [0.2, 0.25) is 0 Å². The summed E-state index contributed by atoms with van der Waals surface area (Å²) in [5.74, 6) is 0.404. The third kappa shape index (κ3) is 2.58. The summed E-state index contributed by atoms with van der Waals surface area (Å²) in [4.78, 5) is 0. The van der Waals surface area contributed by atoms with E-state index in [4.69, 9.17) is 10.5 Å². The minimum Gasteiger partial charge on any atom is -0.198 e. The fourth-order valence-electron chi connectivity index (χ4n) is 1.59. The van der Waals surface area contributed by atoms with E-state index in [-0.39, 0.29) is 0 Å². The van der Waals surface area contributed by atoms with E-state index in [2.05, 4.69) is 26.0 Å². The first-order valence-electron chi connectivity index (χ1n) is 5.12. The second-order valence-electron chi connectivity index (χ2n) is 3.67. The SMILES string of the molecule is CCC(C)c1cc(C#N)ccc1CC#N. The van der Waals surface area contributed by atoms with Gasteiger partial charge in [0.25, 0.3) is 0 Å². The molecule has 1 atom stereocenters. The lowest BCUT2D eigenvalue weighted by atomic mass is 9.91. The van der Waals surface area contributed by atoms with Gasteiger partial charge in [0.15, 0.2) is 0 Å². The first-order valence-corrected chi connectivity index (χ1v) is 5.12. The molecule has 0 aliphatic heterocycles. The highest BCUT2D eigenvalue weighted by Crippen LogP contribution is 2.24. The van der Waals surface area contributed by atoms with Gasteiger partial charge in [-0.1, -0.05) is 19.9 Å². The van der Waals surface area contributed by atoms with E-state index in [1.54, 1.807) is 6.07 Å². The fourth-order valence-corrected chi connectivity index (χ4v) is 1.59. The fraction of sp³-hybridized carbons (Fsp3) is 0.385. The molecule has 0 fully saturated rings. The van der Waals surface area contributed by atoms with Crippen LogP contribution in [0.1, 0.15) is 42.9 Å². The molecule has 0 aromatic heterocycles. The van der Waals surface area contributed by atoms with Crippen LogP contribution < -0.4 is 0 Å². The van der Waals surface area contributed by atoms with Gasteiger partial charge in [-0.05, 0) is 35.6 Å². The number of rotatable bonds is 3. The third-order valence-corrected chi connectivity index (χ3v) is 2.69. The molecule has 0 amide bonds. The standard InChI is InChI=1S/C13H14N2/c1-3-10(2)13-8-11(9-15)4-5-12(13)6-7-14/h4-5,8,10H,3,6H2,1-2H3. The first kappa shape index (κ1) is 11.3. The Kier molecular flexibility index (Phi) is 3.89. The van der Waals surface area contributed by atoms with Crippen LogP contribution in [0.25, 0.3) is 0 Å². The lowest BCUT2D eigenvalue weighted by Crippen LogP contribution is -1.98. The van der Waals surface area contributed by atoms with Crippen molar-refractivity contribution in [3.63, 3.8) is 0 Å². The number of nitriles is 2. The molecule has 1 aromatic carbocycles. The number of nitrogens with zero attached hydrogens (tertiary/aromatic N) is 2. The van der Waals surface area contributed by atoms with Crippen molar-refractivity contribution in [2.75, 3.05) is 0 Å². The van der Waals surface area contributed by atoms with Crippen molar-refractivity contribution in [3.8, 4) is 12.1 Å². The highest BCUT2D eigenvalue weighted by atomic mass is 14.3. The number of hydrogen-bond acceptors (Lipinski definition) is 2. The Balaban J connectivity index is 3.18. The summed E-state index contributed by atoms with van der Waals surface area (Å²) < 4.78 is 0. The van der Waals surface area contributed by atoms with Crippen LogP contribution in [0.4, 0.5) is 0 Å². The second kappa shape index (κ2) is 5.17. The van der Waals surface area contributed by atoms with Crippen LogP contribution in [0, 0.1) is 22.7 Å². The van der Waals surface area contributed by atoms with Crippen LogP contribution in [-0.2, 0) is 6.42 Å². The van der Waals surface area contributed by atoms with Crippen molar-refractivity contribution in [1.29, 1.82) is 10.5 Å². The molecule has 2 nitrogen and oxygen atoms in total. The third-order valence-electron chi connectivity index (χ3n) is 2.69. The minimum absolute atomic E-state index is 0.404. The Hall–Kier alpha value is -1.80. The largest absolute Gasteiger partial charge is 0.198 e. The van der Waals surface area contributed by atoms with Crippen molar-refractivity contribution >= 4 is 0 Å². The molecule has 0 aliphatic rings. The van der Waals surface area contributed by atoms with Gasteiger partial charge in [0, 0.05) is 0 Å². The smallest absolute Gasteiger partial charge is 0.0991 e. The molecule has 0 saturated carbocycles. The normalized spacial score (nSPS) is 11.5. The predicted octanol–water partition coefficient (Wildman–Crippen LogP) is 3.14. The van der Waals surface area contributed by atoms with E-state index in [1.165, 1.54) is 0 Å². The highest BCUT2D eigenvalue weighted by Gasteiger charge is 2.09. The molecule has 0 N–H and O–H groups in total. The summed E-state index contributed by atoms with van der Waals surface area (Å²) in [5.41, 5.74) is 2.86. The molecule has 0 saturated heterocycles. The van der Waals surface area contributed by atoms with Crippen molar-refractivity contribution < 1.29 is 0 Å². The van der Waals surface area contributed by atoms with Crippen LogP contribution in [0.15, 0.2) is 18.2 Å². The summed E-state index contributed by atoms with van der Waals surface area (Å²) in [7, 11) is 0. The highest BCUT2D eigenvalue weighted by molar-refractivity contribution is 5.40. The van der Waals surface area contributed by atoms with Gasteiger partial charge in [-0.15, -0.1) is 0 Å². The Morgan fingerprint density at radius 3 is 2.60 bits per heavy atom. The number of hydrogen-bond donors (Lipinski definition) is 0. The zero-order valence-corrected chi connectivity index (χ0v) is 9.12. The molecule has 0 aliphatic carbocycles. The van der Waals surface area contributed by atoms with Gasteiger partial charge in [-0.2, -0.15) is 10.5 Å². The molecule has 2 heteroatoms. The van der Waals surface area contributed by atoms with Gasteiger partial charge in [-0.3, -0.25) is 0 Å². The topological polar surface area (TPSA) is 47.6 Å². The van der Waals surface area contributed by atoms with Crippen molar-refractivity contribution in [2.45, 2.75) is 32.6 Å². The lowest BCUT2D eigenvalue weighted by Gasteiger charge is -2.13. The monoisotopic (exact) mass is 198 g/mol. The summed E-state index contributed by atoms with van der Waals surface area (Å²) >= 11 is 0. The average molecular weight is 198 g/mol. The molecule has 15 heavy (non-hydrogen) atoms. The van der Waals surface area contributed by atoms with E-state index in [0.29, 0.717) is 17.9 Å².